The van der Waals surface area contributed by atoms with Crippen LogP contribution in [0.1, 0.15) is 5.56 Å². The highest BCUT2D eigenvalue weighted by atomic mass is 32.2. The zero-order valence-electron chi connectivity index (χ0n) is 12.8. The maximum absolute atomic E-state index is 12.7. The number of nitrogens with zero attached hydrogens (tertiary/aromatic N) is 3. The molecular weight excluding hydrogens is 326 g/mol. The number of thioether (sulfide) groups is 1. The van der Waals surface area contributed by atoms with E-state index in [4.69, 9.17) is 12.2 Å². The second kappa shape index (κ2) is 6.52. The van der Waals surface area contributed by atoms with Crippen molar-refractivity contribution < 1.29 is 4.79 Å². The fraction of sp³-hybridized carbons (Fsp3) is 0.118. The fourth-order valence-corrected chi connectivity index (χ4v) is 3.50. The number of rotatable bonds is 3. The fourth-order valence-electron chi connectivity index (χ4n) is 2.20. The molecule has 2 heterocycles. The van der Waals surface area contributed by atoms with E-state index in [1.807, 2.05) is 61.5 Å². The van der Waals surface area contributed by atoms with Crippen LogP contribution in [-0.4, -0.2) is 29.3 Å². The number of pyridine rings is 1. The van der Waals surface area contributed by atoms with Crippen molar-refractivity contribution in [3.8, 4) is 0 Å². The highest BCUT2D eigenvalue weighted by Gasteiger charge is 2.33. The van der Waals surface area contributed by atoms with Gasteiger partial charge in [0.25, 0.3) is 5.91 Å². The van der Waals surface area contributed by atoms with Crippen LogP contribution in [0.15, 0.2) is 53.7 Å². The standard InChI is InChI=1S/C17H15N3OS2/c1-19(2)13-3-5-14(6-4-13)20-16(21)15(23-17(20)22)11-12-7-9-18-10-8-12/h3-11H,1-2H3/b15-11+. The Balaban J connectivity index is 1.88. The molecule has 0 N–H and O–H groups in total. The third kappa shape index (κ3) is 3.28. The van der Waals surface area contributed by atoms with E-state index >= 15 is 0 Å². The molecule has 6 heteroatoms. The lowest BCUT2D eigenvalue weighted by molar-refractivity contribution is -0.113. The van der Waals surface area contributed by atoms with Crippen molar-refractivity contribution in [3.05, 3.63) is 59.3 Å². The number of anilines is 2. The quantitative estimate of drug-likeness (QED) is 0.630. The van der Waals surface area contributed by atoms with Gasteiger partial charge in [-0.1, -0.05) is 24.0 Å². The maximum Gasteiger partial charge on any atom is 0.270 e. The SMILES string of the molecule is CN(C)c1ccc(N2C(=O)/C(=C\c3ccncc3)SC2=S)cc1. The Labute approximate surface area is 144 Å². The van der Waals surface area contributed by atoms with Gasteiger partial charge in [-0.2, -0.15) is 0 Å². The molecule has 1 aromatic heterocycles. The van der Waals surface area contributed by atoms with Crippen molar-refractivity contribution in [1.29, 1.82) is 0 Å². The van der Waals surface area contributed by atoms with Crippen molar-refractivity contribution >= 4 is 51.7 Å². The van der Waals surface area contributed by atoms with Gasteiger partial charge in [0.15, 0.2) is 4.32 Å². The summed E-state index contributed by atoms with van der Waals surface area (Å²) in [7, 11) is 3.96. The second-order valence-electron chi connectivity index (χ2n) is 5.21. The monoisotopic (exact) mass is 341 g/mol. The number of carbonyl (C=O) groups is 1. The summed E-state index contributed by atoms with van der Waals surface area (Å²) in [6.07, 6.45) is 5.24. The highest BCUT2D eigenvalue weighted by Crippen LogP contribution is 2.36. The van der Waals surface area contributed by atoms with Gasteiger partial charge in [0.2, 0.25) is 0 Å². The van der Waals surface area contributed by atoms with E-state index < -0.39 is 0 Å². The van der Waals surface area contributed by atoms with Crippen LogP contribution in [-0.2, 0) is 4.79 Å². The molecule has 1 fully saturated rings. The summed E-state index contributed by atoms with van der Waals surface area (Å²) in [6, 6.07) is 11.5. The number of hydrogen-bond acceptors (Lipinski definition) is 5. The van der Waals surface area contributed by atoms with Crippen LogP contribution >= 0.6 is 24.0 Å². The van der Waals surface area contributed by atoms with Crippen molar-refractivity contribution in [1.82, 2.24) is 4.98 Å². The Morgan fingerprint density at radius 1 is 1.13 bits per heavy atom. The van der Waals surface area contributed by atoms with Crippen LogP contribution in [0.3, 0.4) is 0 Å². The molecule has 1 amide bonds. The Bertz CT molecular complexity index is 770. The molecule has 0 aliphatic carbocycles. The topological polar surface area (TPSA) is 36.4 Å². The number of amides is 1. The minimum Gasteiger partial charge on any atom is -0.378 e. The number of hydrogen-bond donors (Lipinski definition) is 0. The van der Waals surface area contributed by atoms with E-state index in [1.54, 1.807) is 17.3 Å². The van der Waals surface area contributed by atoms with Crippen LogP contribution < -0.4 is 9.80 Å². The largest absolute Gasteiger partial charge is 0.378 e. The lowest BCUT2D eigenvalue weighted by Gasteiger charge is -2.17. The van der Waals surface area contributed by atoms with Gasteiger partial charge in [-0.05, 0) is 48.0 Å². The molecule has 0 spiro atoms. The van der Waals surface area contributed by atoms with Gasteiger partial charge in [0.1, 0.15) is 0 Å². The maximum atomic E-state index is 12.7. The van der Waals surface area contributed by atoms with Gasteiger partial charge in [-0.25, -0.2) is 0 Å². The summed E-state index contributed by atoms with van der Waals surface area (Å²) in [6.45, 7) is 0. The van der Waals surface area contributed by atoms with E-state index in [0.717, 1.165) is 16.9 Å². The first-order valence-electron chi connectivity index (χ1n) is 7.01. The minimum atomic E-state index is -0.0885. The van der Waals surface area contributed by atoms with Crippen LogP contribution in [0.5, 0.6) is 0 Å². The zero-order valence-corrected chi connectivity index (χ0v) is 14.4. The van der Waals surface area contributed by atoms with E-state index in [1.165, 1.54) is 11.8 Å². The normalized spacial score (nSPS) is 16.3. The molecule has 23 heavy (non-hydrogen) atoms. The van der Waals surface area contributed by atoms with Crippen molar-refractivity contribution in [2.75, 3.05) is 23.9 Å². The summed E-state index contributed by atoms with van der Waals surface area (Å²) in [5, 5.41) is 0. The van der Waals surface area contributed by atoms with E-state index in [2.05, 4.69) is 4.98 Å². The molecule has 1 aromatic carbocycles. The number of benzene rings is 1. The third-order valence-corrected chi connectivity index (χ3v) is 4.72. The van der Waals surface area contributed by atoms with Crippen LogP contribution in [0.2, 0.25) is 0 Å². The molecule has 0 bridgehead atoms. The molecule has 116 valence electrons. The van der Waals surface area contributed by atoms with Crippen LogP contribution in [0.25, 0.3) is 6.08 Å². The van der Waals surface area contributed by atoms with E-state index in [0.29, 0.717) is 9.23 Å². The first-order valence-corrected chi connectivity index (χ1v) is 8.24. The minimum absolute atomic E-state index is 0.0885. The van der Waals surface area contributed by atoms with Crippen LogP contribution in [0.4, 0.5) is 11.4 Å². The zero-order chi connectivity index (χ0) is 16.4. The van der Waals surface area contributed by atoms with Crippen molar-refractivity contribution in [3.63, 3.8) is 0 Å². The summed E-state index contributed by atoms with van der Waals surface area (Å²) < 4.78 is 0.549. The molecule has 0 atom stereocenters. The van der Waals surface area contributed by atoms with Gasteiger partial charge in [-0.15, -0.1) is 0 Å². The number of thiocarbonyl (C=S) groups is 1. The number of aromatic nitrogens is 1. The third-order valence-electron chi connectivity index (χ3n) is 3.42. The van der Waals surface area contributed by atoms with Crippen molar-refractivity contribution in [2.24, 2.45) is 0 Å². The highest BCUT2D eigenvalue weighted by molar-refractivity contribution is 8.27. The molecular formula is C17H15N3OS2. The number of carbonyl (C=O) groups excluding carboxylic acids is 1. The molecule has 1 aliphatic rings. The van der Waals surface area contributed by atoms with E-state index in [-0.39, 0.29) is 5.91 Å². The summed E-state index contributed by atoms with van der Waals surface area (Å²) in [5.74, 6) is -0.0885. The first-order chi connectivity index (χ1) is 11.1. The van der Waals surface area contributed by atoms with Crippen LogP contribution in [0, 0.1) is 0 Å². The molecule has 0 saturated carbocycles. The second-order valence-corrected chi connectivity index (χ2v) is 6.88. The smallest absolute Gasteiger partial charge is 0.270 e. The molecule has 3 rings (SSSR count). The Morgan fingerprint density at radius 3 is 2.39 bits per heavy atom. The lowest BCUT2D eigenvalue weighted by atomic mass is 10.2. The van der Waals surface area contributed by atoms with Crippen molar-refractivity contribution in [2.45, 2.75) is 0 Å². The van der Waals surface area contributed by atoms with Gasteiger partial charge >= 0.3 is 0 Å². The predicted octanol–water partition coefficient (Wildman–Crippen LogP) is 3.55. The van der Waals surface area contributed by atoms with Gasteiger partial charge in [0, 0.05) is 32.2 Å². The van der Waals surface area contributed by atoms with Gasteiger partial charge in [0.05, 0.1) is 10.6 Å². The van der Waals surface area contributed by atoms with Gasteiger partial charge in [-0.3, -0.25) is 14.7 Å². The Hall–Kier alpha value is -2.18. The molecule has 2 aromatic rings. The predicted molar refractivity (Wildman–Crippen MR) is 101 cm³/mol. The Morgan fingerprint density at radius 2 is 1.78 bits per heavy atom. The summed E-state index contributed by atoms with van der Waals surface area (Å²) in [4.78, 5) is 20.9. The Kier molecular flexibility index (Phi) is 4.45. The average molecular weight is 341 g/mol. The molecule has 1 aliphatic heterocycles. The molecule has 0 unspecified atom stereocenters. The summed E-state index contributed by atoms with van der Waals surface area (Å²) >= 11 is 6.70. The first kappa shape index (κ1) is 15.7. The van der Waals surface area contributed by atoms with Gasteiger partial charge < -0.3 is 4.90 Å². The average Bonchev–Trinajstić information content (AvgIpc) is 2.82. The molecule has 0 radical (unpaired) electrons. The summed E-state index contributed by atoms with van der Waals surface area (Å²) in [5.41, 5.74) is 2.80. The van der Waals surface area contributed by atoms with E-state index in [9.17, 15) is 4.79 Å². The molecule has 1 saturated heterocycles. The molecule has 4 nitrogen and oxygen atoms in total. The lowest BCUT2D eigenvalue weighted by Crippen LogP contribution is -2.27.